The lowest BCUT2D eigenvalue weighted by Crippen LogP contribution is -2.16. The van der Waals surface area contributed by atoms with Crippen LogP contribution in [0.2, 0.25) is 0 Å². The Balaban J connectivity index is 2.02. The van der Waals surface area contributed by atoms with Gasteiger partial charge in [0.05, 0.1) is 6.54 Å². The second-order valence-electron chi connectivity index (χ2n) is 4.66. The summed E-state index contributed by atoms with van der Waals surface area (Å²) in [6, 6.07) is 7.15. The highest BCUT2D eigenvalue weighted by Crippen LogP contribution is 2.25. The predicted octanol–water partition coefficient (Wildman–Crippen LogP) is 2.38. The summed E-state index contributed by atoms with van der Waals surface area (Å²) in [7, 11) is 0. The molecule has 2 rings (SSSR count). The Morgan fingerprint density at radius 3 is 2.75 bits per heavy atom. The third-order valence-electron chi connectivity index (χ3n) is 3.18. The molecule has 1 aromatic heterocycles. The number of carboxylic acid groups (broad SMARTS) is 1. The van der Waals surface area contributed by atoms with Crippen molar-refractivity contribution >= 4 is 16.9 Å². The zero-order valence-corrected chi connectivity index (χ0v) is 11.3. The SMILES string of the molecule is O=C(O)c1c(CNCCCCCO)oc2ccccc12. The fourth-order valence-corrected chi connectivity index (χ4v) is 2.20. The fraction of sp³-hybridized carbons (Fsp3) is 0.400. The molecular weight excluding hydrogens is 258 g/mol. The molecule has 20 heavy (non-hydrogen) atoms. The first-order valence-corrected chi connectivity index (χ1v) is 6.79. The van der Waals surface area contributed by atoms with Gasteiger partial charge in [0.25, 0.3) is 0 Å². The number of rotatable bonds is 8. The average molecular weight is 277 g/mol. The Kier molecular flexibility index (Phi) is 5.15. The molecule has 0 aliphatic carbocycles. The molecule has 1 aromatic carbocycles. The van der Waals surface area contributed by atoms with E-state index in [-0.39, 0.29) is 12.2 Å². The molecule has 108 valence electrons. The molecule has 0 aliphatic rings. The minimum absolute atomic E-state index is 0.215. The Morgan fingerprint density at radius 1 is 1.20 bits per heavy atom. The van der Waals surface area contributed by atoms with E-state index >= 15 is 0 Å². The molecule has 5 nitrogen and oxygen atoms in total. The van der Waals surface area contributed by atoms with Crippen LogP contribution in [0.5, 0.6) is 0 Å². The summed E-state index contributed by atoms with van der Waals surface area (Å²) >= 11 is 0. The number of nitrogens with one attached hydrogen (secondary N) is 1. The highest BCUT2D eigenvalue weighted by Gasteiger charge is 2.19. The molecule has 0 radical (unpaired) electrons. The number of para-hydroxylation sites is 1. The maximum Gasteiger partial charge on any atom is 0.339 e. The summed E-state index contributed by atoms with van der Waals surface area (Å²) in [6.07, 6.45) is 2.70. The number of benzene rings is 1. The molecule has 0 bridgehead atoms. The van der Waals surface area contributed by atoms with Crippen molar-refractivity contribution in [1.29, 1.82) is 0 Å². The van der Waals surface area contributed by atoms with Gasteiger partial charge in [-0.05, 0) is 31.9 Å². The lowest BCUT2D eigenvalue weighted by molar-refractivity contribution is 0.0696. The standard InChI is InChI=1S/C15H19NO4/c17-9-5-1-4-8-16-10-13-14(15(18)19)11-6-2-3-7-12(11)20-13/h2-3,6-7,16-17H,1,4-5,8-10H2,(H,18,19). The third kappa shape index (κ3) is 3.37. The molecule has 0 fully saturated rings. The van der Waals surface area contributed by atoms with Gasteiger partial charge in [-0.25, -0.2) is 4.79 Å². The Morgan fingerprint density at radius 2 is 2.00 bits per heavy atom. The zero-order chi connectivity index (χ0) is 14.4. The minimum Gasteiger partial charge on any atom is -0.478 e. The maximum atomic E-state index is 11.4. The van der Waals surface area contributed by atoms with E-state index in [9.17, 15) is 9.90 Å². The number of aliphatic hydroxyl groups is 1. The lowest BCUT2D eigenvalue weighted by Gasteiger charge is -2.03. The summed E-state index contributed by atoms with van der Waals surface area (Å²) in [5.74, 6) is -0.507. The summed E-state index contributed by atoms with van der Waals surface area (Å²) < 4.78 is 5.60. The zero-order valence-electron chi connectivity index (χ0n) is 11.3. The summed E-state index contributed by atoms with van der Waals surface area (Å²) in [4.78, 5) is 11.4. The van der Waals surface area contributed by atoms with Gasteiger partial charge in [-0.1, -0.05) is 18.2 Å². The van der Waals surface area contributed by atoms with Crippen LogP contribution in [-0.4, -0.2) is 29.3 Å². The van der Waals surface area contributed by atoms with E-state index in [0.717, 1.165) is 25.8 Å². The van der Waals surface area contributed by atoms with Crippen LogP contribution < -0.4 is 5.32 Å². The van der Waals surface area contributed by atoms with Crippen molar-refractivity contribution in [2.24, 2.45) is 0 Å². The van der Waals surface area contributed by atoms with Crippen LogP contribution in [0.15, 0.2) is 28.7 Å². The predicted molar refractivity (Wildman–Crippen MR) is 75.8 cm³/mol. The van der Waals surface area contributed by atoms with Crippen LogP contribution in [0.4, 0.5) is 0 Å². The van der Waals surface area contributed by atoms with Gasteiger partial charge in [0.15, 0.2) is 0 Å². The van der Waals surface area contributed by atoms with Crippen molar-refractivity contribution in [3.05, 3.63) is 35.6 Å². The topological polar surface area (TPSA) is 82.7 Å². The van der Waals surface area contributed by atoms with E-state index in [0.29, 0.717) is 23.3 Å². The second kappa shape index (κ2) is 7.07. The highest BCUT2D eigenvalue weighted by molar-refractivity contribution is 6.03. The van der Waals surface area contributed by atoms with E-state index in [1.807, 2.05) is 6.07 Å². The number of unbranched alkanes of at least 4 members (excludes halogenated alkanes) is 2. The van der Waals surface area contributed by atoms with E-state index in [1.165, 1.54) is 0 Å². The number of carboxylic acids is 1. The smallest absolute Gasteiger partial charge is 0.339 e. The van der Waals surface area contributed by atoms with Crippen LogP contribution in [0.3, 0.4) is 0 Å². The van der Waals surface area contributed by atoms with E-state index in [1.54, 1.807) is 18.2 Å². The van der Waals surface area contributed by atoms with Gasteiger partial charge in [-0.3, -0.25) is 0 Å². The number of hydrogen-bond acceptors (Lipinski definition) is 4. The molecule has 0 unspecified atom stereocenters. The molecule has 0 saturated heterocycles. The molecule has 0 spiro atoms. The molecule has 0 amide bonds. The summed E-state index contributed by atoms with van der Waals surface area (Å²) in [5.41, 5.74) is 0.838. The summed E-state index contributed by atoms with van der Waals surface area (Å²) in [6.45, 7) is 1.39. The van der Waals surface area contributed by atoms with Crippen molar-refractivity contribution in [2.45, 2.75) is 25.8 Å². The number of furan rings is 1. The molecule has 5 heteroatoms. The largest absolute Gasteiger partial charge is 0.478 e. The van der Waals surface area contributed by atoms with Gasteiger partial charge < -0.3 is 19.9 Å². The van der Waals surface area contributed by atoms with Crippen LogP contribution in [0.25, 0.3) is 11.0 Å². The van der Waals surface area contributed by atoms with Crippen molar-refractivity contribution in [3.8, 4) is 0 Å². The van der Waals surface area contributed by atoms with Gasteiger partial charge in [0, 0.05) is 12.0 Å². The minimum atomic E-state index is -0.966. The Hall–Kier alpha value is -1.85. The van der Waals surface area contributed by atoms with Crippen LogP contribution >= 0.6 is 0 Å². The first-order chi connectivity index (χ1) is 9.74. The van der Waals surface area contributed by atoms with Crippen LogP contribution in [-0.2, 0) is 6.54 Å². The van der Waals surface area contributed by atoms with Crippen molar-refractivity contribution in [2.75, 3.05) is 13.2 Å². The van der Waals surface area contributed by atoms with Gasteiger partial charge in [0.2, 0.25) is 0 Å². The van der Waals surface area contributed by atoms with Gasteiger partial charge in [-0.2, -0.15) is 0 Å². The number of aromatic carboxylic acids is 1. The van der Waals surface area contributed by atoms with Crippen molar-refractivity contribution in [1.82, 2.24) is 5.32 Å². The third-order valence-corrected chi connectivity index (χ3v) is 3.18. The number of hydrogen-bond donors (Lipinski definition) is 3. The molecule has 3 N–H and O–H groups in total. The van der Waals surface area contributed by atoms with Crippen LogP contribution in [0.1, 0.15) is 35.4 Å². The molecule has 1 heterocycles. The van der Waals surface area contributed by atoms with E-state index < -0.39 is 5.97 Å². The van der Waals surface area contributed by atoms with Crippen LogP contribution in [0, 0.1) is 0 Å². The van der Waals surface area contributed by atoms with Gasteiger partial charge in [-0.15, -0.1) is 0 Å². The number of aliphatic hydroxyl groups excluding tert-OH is 1. The van der Waals surface area contributed by atoms with Crippen molar-refractivity contribution < 1.29 is 19.4 Å². The fourth-order valence-electron chi connectivity index (χ4n) is 2.20. The van der Waals surface area contributed by atoms with Crippen molar-refractivity contribution in [3.63, 3.8) is 0 Å². The lowest BCUT2D eigenvalue weighted by atomic mass is 10.1. The molecule has 0 saturated carbocycles. The quantitative estimate of drug-likeness (QED) is 0.645. The Labute approximate surface area is 117 Å². The average Bonchev–Trinajstić information content (AvgIpc) is 2.81. The number of carbonyl (C=O) groups is 1. The maximum absolute atomic E-state index is 11.4. The first-order valence-electron chi connectivity index (χ1n) is 6.79. The van der Waals surface area contributed by atoms with E-state index in [4.69, 9.17) is 9.52 Å². The molecule has 0 aliphatic heterocycles. The van der Waals surface area contributed by atoms with E-state index in [2.05, 4.69) is 5.32 Å². The molecule has 2 aromatic rings. The second-order valence-corrected chi connectivity index (χ2v) is 4.66. The van der Waals surface area contributed by atoms with Gasteiger partial charge in [0.1, 0.15) is 16.9 Å². The first kappa shape index (κ1) is 14.6. The summed E-state index contributed by atoms with van der Waals surface area (Å²) in [5, 5.41) is 21.8. The molecular formula is C15H19NO4. The Bertz CT molecular complexity index is 576. The normalized spacial score (nSPS) is 11.1. The highest BCUT2D eigenvalue weighted by atomic mass is 16.4. The number of fused-ring (bicyclic) bond motifs is 1. The van der Waals surface area contributed by atoms with Gasteiger partial charge >= 0.3 is 5.97 Å². The monoisotopic (exact) mass is 277 g/mol. The molecule has 0 atom stereocenters.